The molecule has 0 aliphatic rings. The van der Waals surface area contributed by atoms with Gasteiger partial charge in [0.05, 0.1) is 19.0 Å². The predicted molar refractivity (Wildman–Crippen MR) is 119 cm³/mol. The lowest BCUT2D eigenvalue weighted by molar-refractivity contribution is -0.125. The monoisotopic (exact) mass is 435 g/mol. The smallest absolute Gasteiger partial charge is 0.335 e. The summed E-state index contributed by atoms with van der Waals surface area (Å²) in [7, 11) is 1.63. The molecule has 1 aromatic carbocycles. The molecule has 166 valence electrons. The maximum atomic E-state index is 13.4. The molecular weight excluding hydrogens is 410 g/mol. The molecule has 4 aromatic rings. The number of oxazole rings is 1. The van der Waals surface area contributed by atoms with Crippen LogP contribution in [0, 0.1) is 6.92 Å². The number of imidazole rings is 1. The lowest BCUT2D eigenvalue weighted by Crippen LogP contribution is -2.48. The highest BCUT2D eigenvalue weighted by atomic mass is 16.5. The topological polar surface area (TPSA) is 118 Å². The van der Waals surface area contributed by atoms with Crippen molar-refractivity contribution in [2.24, 2.45) is 5.73 Å². The average Bonchev–Trinajstić information content (AvgIpc) is 3.41. The van der Waals surface area contributed by atoms with Crippen molar-refractivity contribution in [1.82, 2.24) is 18.9 Å². The second-order valence-corrected chi connectivity index (χ2v) is 8.08. The number of fused-ring (bicyclic) bond motifs is 1. The Kier molecular flexibility index (Phi) is 5.33. The van der Waals surface area contributed by atoms with E-state index < -0.39 is 17.1 Å². The second-order valence-electron chi connectivity index (χ2n) is 8.08. The third kappa shape index (κ3) is 3.45. The number of carbonyl (C=O) groups is 1. The van der Waals surface area contributed by atoms with Gasteiger partial charge in [-0.2, -0.15) is 0 Å². The summed E-state index contributed by atoms with van der Waals surface area (Å²) in [4.78, 5) is 34.4. The summed E-state index contributed by atoms with van der Waals surface area (Å²) >= 11 is 0. The number of aromatic nitrogens is 4. The molecule has 0 saturated heterocycles. The van der Waals surface area contributed by atoms with Gasteiger partial charge in [-0.05, 0) is 45.2 Å². The van der Waals surface area contributed by atoms with Crippen LogP contribution in [-0.4, -0.2) is 32.0 Å². The zero-order valence-electron chi connectivity index (χ0n) is 18.5. The molecule has 0 fully saturated rings. The number of hydrogen-bond donors (Lipinski definition) is 1. The fourth-order valence-corrected chi connectivity index (χ4v) is 3.74. The molecule has 0 aliphatic heterocycles. The Labute approximate surface area is 184 Å². The van der Waals surface area contributed by atoms with Crippen molar-refractivity contribution in [3.05, 3.63) is 70.2 Å². The van der Waals surface area contributed by atoms with Crippen LogP contribution >= 0.6 is 0 Å². The molecule has 0 radical (unpaired) electrons. The summed E-state index contributed by atoms with van der Waals surface area (Å²) in [6.07, 6.45) is 5.85. The van der Waals surface area contributed by atoms with Crippen molar-refractivity contribution < 1.29 is 13.9 Å². The number of benzene rings is 1. The summed E-state index contributed by atoms with van der Waals surface area (Å²) < 4.78 is 13.7. The van der Waals surface area contributed by atoms with Gasteiger partial charge in [-0.1, -0.05) is 18.2 Å². The largest absolute Gasteiger partial charge is 0.496 e. The van der Waals surface area contributed by atoms with Gasteiger partial charge in [0.25, 0.3) is 0 Å². The third-order valence-electron chi connectivity index (χ3n) is 5.77. The maximum absolute atomic E-state index is 13.4. The first kappa shape index (κ1) is 21.4. The van der Waals surface area contributed by atoms with Crippen LogP contribution in [0.3, 0.4) is 0 Å². The zero-order valence-corrected chi connectivity index (χ0v) is 18.5. The van der Waals surface area contributed by atoms with E-state index in [4.69, 9.17) is 14.9 Å². The number of ether oxygens (including phenoxy) is 1. The molecule has 0 aliphatic carbocycles. The molecule has 2 N–H and O–H groups in total. The van der Waals surface area contributed by atoms with E-state index in [0.29, 0.717) is 35.8 Å². The molecule has 32 heavy (non-hydrogen) atoms. The number of hydrogen-bond acceptors (Lipinski definition) is 6. The van der Waals surface area contributed by atoms with E-state index in [1.165, 1.54) is 21.4 Å². The molecule has 3 heterocycles. The first-order chi connectivity index (χ1) is 15.3. The van der Waals surface area contributed by atoms with Crippen LogP contribution in [0.2, 0.25) is 0 Å². The Bertz CT molecular complexity index is 1350. The van der Waals surface area contributed by atoms with Gasteiger partial charge >= 0.3 is 5.69 Å². The fourth-order valence-electron chi connectivity index (χ4n) is 3.74. The minimum Gasteiger partial charge on any atom is -0.496 e. The van der Waals surface area contributed by atoms with E-state index >= 15 is 0 Å². The van der Waals surface area contributed by atoms with Gasteiger partial charge in [-0.15, -0.1) is 0 Å². The van der Waals surface area contributed by atoms with Gasteiger partial charge in [0, 0.05) is 11.8 Å². The van der Waals surface area contributed by atoms with Crippen LogP contribution in [0.5, 0.6) is 5.75 Å². The highest BCUT2D eigenvalue weighted by molar-refractivity contribution is 5.81. The number of primary amides is 1. The Balaban J connectivity index is 1.92. The second kappa shape index (κ2) is 7.99. The van der Waals surface area contributed by atoms with Crippen molar-refractivity contribution in [3.63, 3.8) is 0 Å². The van der Waals surface area contributed by atoms with Crippen LogP contribution in [0.15, 0.2) is 52.1 Å². The van der Waals surface area contributed by atoms with Crippen LogP contribution in [0.25, 0.3) is 17.2 Å². The number of para-hydroxylation sites is 1. The number of aryl methyl sites for hydroxylation is 3. The van der Waals surface area contributed by atoms with Gasteiger partial charge in [0.15, 0.2) is 0 Å². The number of nitrogens with two attached hydrogens (primary N) is 1. The average molecular weight is 435 g/mol. The molecular formula is C23H25N5O4. The van der Waals surface area contributed by atoms with Crippen LogP contribution in [-0.2, 0) is 23.2 Å². The highest BCUT2D eigenvalue weighted by Gasteiger charge is 2.31. The first-order valence-corrected chi connectivity index (χ1v) is 10.2. The van der Waals surface area contributed by atoms with Gasteiger partial charge < -0.3 is 14.9 Å². The summed E-state index contributed by atoms with van der Waals surface area (Å²) in [6, 6.07) is 7.76. The Hall–Kier alpha value is -3.88. The molecule has 1 amide bonds. The zero-order chi connectivity index (χ0) is 23.0. The van der Waals surface area contributed by atoms with Crippen molar-refractivity contribution in [2.75, 3.05) is 7.11 Å². The van der Waals surface area contributed by atoms with E-state index in [9.17, 15) is 9.59 Å². The summed E-state index contributed by atoms with van der Waals surface area (Å²) in [5.41, 5.74) is 7.32. The molecule has 4 rings (SSSR count). The number of amides is 1. The Morgan fingerprint density at radius 1 is 1.22 bits per heavy atom. The first-order valence-electron chi connectivity index (χ1n) is 10.2. The van der Waals surface area contributed by atoms with E-state index in [1.807, 2.05) is 24.3 Å². The Morgan fingerprint density at radius 2 is 1.94 bits per heavy atom. The van der Waals surface area contributed by atoms with Crippen molar-refractivity contribution in [2.45, 2.75) is 39.2 Å². The van der Waals surface area contributed by atoms with Gasteiger partial charge in [-0.25, -0.2) is 19.2 Å². The van der Waals surface area contributed by atoms with E-state index in [2.05, 4.69) is 9.97 Å². The number of nitrogens with zero attached hydrogens (tertiary/aromatic N) is 4. The summed E-state index contributed by atoms with van der Waals surface area (Å²) in [5, 5.41) is 0. The van der Waals surface area contributed by atoms with Crippen molar-refractivity contribution >= 4 is 11.6 Å². The normalized spacial score (nSPS) is 11.8. The van der Waals surface area contributed by atoms with Gasteiger partial charge in [-0.3, -0.25) is 9.36 Å². The fraction of sp³-hybridized carbons (Fsp3) is 0.304. The minimum absolute atomic E-state index is 0.321. The van der Waals surface area contributed by atoms with Gasteiger partial charge in [0.2, 0.25) is 11.8 Å². The number of carbonyl (C=O) groups excluding carboxylic acids is 1. The lowest BCUT2D eigenvalue weighted by atomic mass is 10.0. The molecule has 9 nitrogen and oxygen atoms in total. The maximum Gasteiger partial charge on any atom is 0.335 e. The van der Waals surface area contributed by atoms with Crippen LogP contribution < -0.4 is 16.2 Å². The Morgan fingerprint density at radius 3 is 2.59 bits per heavy atom. The molecule has 0 saturated carbocycles. The molecule has 9 heteroatoms. The van der Waals surface area contributed by atoms with E-state index in [0.717, 1.165) is 16.9 Å². The molecule has 0 atom stereocenters. The molecule has 0 unspecified atom stereocenters. The number of rotatable bonds is 7. The van der Waals surface area contributed by atoms with Crippen molar-refractivity contribution in [3.8, 4) is 17.3 Å². The summed E-state index contributed by atoms with van der Waals surface area (Å²) in [5.74, 6) is 0.497. The third-order valence-corrected chi connectivity index (χ3v) is 5.77. The molecule has 0 spiro atoms. The van der Waals surface area contributed by atoms with E-state index in [-0.39, 0.29) is 0 Å². The molecule has 3 aromatic heterocycles. The SMILES string of the molecule is COc1ccccc1CCc1cn(C(C)(C)C(N)=O)c(=O)n2c(C)c(-c3ncco3)nc12. The lowest BCUT2D eigenvalue weighted by Gasteiger charge is -2.25. The predicted octanol–water partition coefficient (Wildman–Crippen LogP) is 2.47. The van der Waals surface area contributed by atoms with E-state index in [1.54, 1.807) is 34.1 Å². The quantitative estimate of drug-likeness (QED) is 0.476. The molecule has 0 bridgehead atoms. The van der Waals surface area contributed by atoms with Crippen molar-refractivity contribution in [1.29, 1.82) is 0 Å². The highest BCUT2D eigenvalue weighted by Crippen LogP contribution is 2.26. The summed E-state index contributed by atoms with van der Waals surface area (Å²) in [6.45, 7) is 5.01. The number of methoxy groups -OCH3 is 1. The van der Waals surface area contributed by atoms with Crippen LogP contribution in [0.4, 0.5) is 0 Å². The van der Waals surface area contributed by atoms with Gasteiger partial charge in [0.1, 0.15) is 28.9 Å². The standard InChI is InChI=1S/C23H25N5O4/c1-14-18(20-25-11-12-32-20)26-19-16(10-9-15-7-5-6-8-17(15)31-4)13-27(22(30)28(14)19)23(2,3)21(24)29/h5-8,11-13H,9-10H2,1-4H3,(H2,24,29). The minimum atomic E-state index is -1.23. The van der Waals surface area contributed by atoms with Crippen LogP contribution in [0.1, 0.15) is 30.7 Å².